The van der Waals surface area contributed by atoms with E-state index in [9.17, 15) is 0 Å². The van der Waals surface area contributed by atoms with Gasteiger partial charge in [-0.3, -0.25) is 4.90 Å². The first-order chi connectivity index (χ1) is 11.0. The van der Waals surface area contributed by atoms with Gasteiger partial charge in [0.2, 0.25) is 0 Å². The van der Waals surface area contributed by atoms with Crippen LogP contribution in [0.5, 0.6) is 0 Å². The van der Waals surface area contributed by atoms with Crippen LogP contribution in [0.2, 0.25) is 0 Å². The Morgan fingerprint density at radius 2 is 1.43 bits per heavy atom. The molecule has 0 N–H and O–H groups in total. The second kappa shape index (κ2) is 9.10. The van der Waals surface area contributed by atoms with Gasteiger partial charge in [-0.1, -0.05) is 44.4 Å². The Kier molecular flexibility index (Phi) is 7.45. The third-order valence-corrected chi connectivity index (χ3v) is 6.31. The number of aryl methyl sites for hydroxylation is 3. The van der Waals surface area contributed by atoms with Crippen LogP contribution in [-0.4, -0.2) is 41.4 Å². The molecule has 0 aliphatic carbocycles. The summed E-state index contributed by atoms with van der Waals surface area (Å²) in [5, 5.41) is 0. The first-order valence-corrected chi connectivity index (χ1v) is 10.1. The van der Waals surface area contributed by atoms with Crippen LogP contribution in [-0.2, 0) is 0 Å². The average Bonchev–Trinajstić information content (AvgIpc) is 2.51. The second-order valence-electron chi connectivity index (χ2n) is 7.02. The van der Waals surface area contributed by atoms with Gasteiger partial charge in [0.15, 0.2) is 0 Å². The van der Waals surface area contributed by atoms with Crippen molar-refractivity contribution in [3.05, 3.63) is 28.8 Å². The van der Waals surface area contributed by atoms with Crippen molar-refractivity contribution >= 4 is 11.9 Å². The highest BCUT2D eigenvalue weighted by atomic mass is 32.2. The maximum atomic E-state index is 2.74. The molecule has 1 heterocycles. The minimum atomic E-state index is 0.806. The van der Waals surface area contributed by atoms with E-state index in [-0.39, 0.29) is 0 Å². The molecule has 1 aromatic carbocycles. The van der Waals surface area contributed by atoms with Crippen molar-refractivity contribution in [3.63, 3.8) is 0 Å². The van der Waals surface area contributed by atoms with E-state index in [1.807, 2.05) is 11.9 Å². The molecule has 1 aliphatic rings. The van der Waals surface area contributed by atoms with Crippen molar-refractivity contribution in [1.82, 2.24) is 9.21 Å². The molecule has 0 atom stereocenters. The lowest BCUT2D eigenvalue weighted by Gasteiger charge is -2.39. The zero-order valence-corrected chi connectivity index (χ0v) is 16.5. The smallest absolute Gasteiger partial charge is 0.0288 e. The molecule has 23 heavy (non-hydrogen) atoms. The van der Waals surface area contributed by atoms with Gasteiger partial charge in [0.25, 0.3) is 0 Å². The van der Waals surface area contributed by atoms with Crippen molar-refractivity contribution in [3.8, 4) is 0 Å². The topological polar surface area (TPSA) is 6.48 Å². The fourth-order valence-corrected chi connectivity index (χ4v) is 4.79. The third kappa shape index (κ3) is 5.23. The summed E-state index contributed by atoms with van der Waals surface area (Å²) >= 11 is 1.97. The molecule has 0 saturated carbocycles. The van der Waals surface area contributed by atoms with Gasteiger partial charge in [0.05, 0.1) is 0 Å². The lowest BCUT2D eigenvalue weighted by molar-refractivity contribution is 0.128. The van der Waals surface area contributed by atoms with Crippen LogP contribution >= 0.6 is 11.9 Å². The Labute approximate surface area is 147 Å². The predicted octanol–water partition coefficient (Wildman–Crippen LogP) is 5.21. The van der Waals surface area contributed by atoms with Crippen molar-refractivity contribution in [2.24, 2.45) is 0 Å². The largest absolute Gasteiger partial charge is 0.298 e. The number of hydrogen-bond acceptors (Lipinski definition) is 3. The van der Waals surface area contributed by atoms with E-state index in [1.54, 1.807) is 0 Å². The SMILES string of the molecule is CCCC(CCC)N1CCN(Sc2c(C)cc(C)cc2C)CC1. The molecule has 0 spiro atoms. The molecule has 2 nitrogen and oxygen atoms in total. The van der Waals surface area contributed by atoms with Crippen LogP contribution in [0.3, 0.4) is 0 Å². The summed E-state index contributed by atoms with van der Waals surface area (Å²) in [6.45, 7) is 16.1. The summed E-state index contributed by atoms with van der Waals surface area (Å²) in [4.78, 5) is 4.20. The lowest BCUT2D eigenvalue weighted by atomic mass is 10.0. The molecule has 0 bridgehead atoms. The van der Waals surface area contributed by atoms with E-state index < -0.39 is 0 Å². The van der Waals surface area contributed by atoms with Crippen LogP contribution in [0.25, 0.3) is 0 Å². The van der Waals surface area contributed by atoms with Crippen LogP contribution in [0.15, 0.2) is 17.0 Å². The van der Waals surface area contributed by atoms with E-state index in [4.69, 9.17) is 0 Å². The van der Waals surface area contributed by atoms with Crippen molar-refractivity contribution in [2.45, 2.75) is 71.2 Å². The monoisotopic (exact) mass is 334 g/mol. The molecule has 0 aromatic heterocycles. The van der Waals surface area contributed by atoms with Gasteiger partial charge in [-0.2, -0.15) is 0 Å². The van der Waals surface area contributed by atoms with Crippen molar-refractivity contribution in [1.29, 1.82) is 0 Å². The van der Waals surface area contributed by atoms with Crippen LogP contribution in [0.1, 0.15) is 56.2 Å². The van der Waals surface area contributed by atoms with Gasteiger partial charge < -0.3 is 0 Å². The molecule has 1 aliphatic heterocycles. The number of rotatable bonds is 7. The Balaban J connectivity index is 1.92. The fourth-order valence-electron chi connectivity index (χ4n) is 3.78. The molecular formula is C20H34N2S. The van der Waals surface area contributed by atoms with Gasteiger partial charge in [-0.25, -0.2) is 4.31 Å². The van der Waals surface area contributed by atoms with E-state index in [2.05, 4.69) is 56.0 Å². The molecule has 1 saturated heterocycles. The number of nitrogens with zero attached hydrogens (tertiary/aromatic N) is 2. The zero-order chi connectivity index (χ0) is 16.8. The summed E-state index contributed by atoms with van der Waals surface area (Å²) in [5.74, 6) is 0. The maximum Gasteiger partial charge on any atom is 0.0288 e. The number of piperazine rings is 1. The molecule has 0 amide bonds. The Morgan fingerprint density at radius 1 is 0.913 bits per heavy atom. The summed E-state index contributed by atoms with van der Waals surface area (Å²) in [6.07, 6.45) is 5.33. The van der Waals surface area contributed by atoms with Crippen LogP contribution in [0, 0.1) is 20.8 Å². The quantitative estimate of drug-likeness (QED) is 0.632. The summed E-state index contributed by atoms with van der Waals surface area (Å²) in [6, 6.07) is 5.42. The van der Waals surface area contributed by atoms with E-state index in [0.717, 1.165) is 6.04 Å². The van der Waals surface area contributed by atoms with E-state index in [0.29, 0.717) is 0 Å². The number of benzene rings is 1. The molecule has 0 radical (unpaired) electrons. The van der Waals surface area contributed by atoms with Gasteiger partial charge in [0.1, 0.15) is 0 Å². The molecule has 0 unspecified atom stereocenters. The summed E-state index contributed by atoms with van der Waals surface area (Å²) < 4.78 is 2.57. The van der Waals surface area contributed by atoms with E-state index in [1.165, 1.54) is 73.4 Å². The van der Waals surface area contributed by atoms with Crippen molar-refractivity contribution in [2.75, 3.05) is 26.2 Å². The Hall–Kier alpha value is -0.510. The van der Waals surface area contributed by atoms with Crippen molar-refractivity contribution < 1.29 is 0 Å². The minimum absolute atomic E-state index is 0.806. The highest BCUT2D eigenvalue weighted by molar-refractivity contribution is 7.97. The maximum absolute atomic E-state index is 2.74. The van der Waals surface area contributed by atoms with Crippen LogP contribution < -0.4 is 0 Å². The standard InChI is InChI=1S/C20H34N2S/c1-6-8-19(9-7-2)21-10-12-22(13-11-21)23-20-17(4)14-16(3)15-18(20)5/h14-15,19H,6-13H2,1-5H3. The van der Waals surface area contributed by atoms with Crippen LogP contribution in [0.4, 0.5) is 0 Å². The molecular weight excluding hydrogens is 300 g/mol. The Bertz CT molecular complexity index is 463. The second-order valence-corrected chi connectivity index (χ2v) is 8.12. The summed E-state index contributed by atoms with van der Waals surface area (Å²) in [5.41, 5.74) is 4.21. The minimum Gasteiger partial charge on any atom is -0.298 e. The third-order valence-electron chi connectivity index (χ3n) is 4.86. The molecule has 1 aromatic rings. The van der Waals surface area contributed by atoms with Gasteiger partial charge >= 0.3 is 0 Å². The highest BCUT2D eigenvalue weighted by Crippen LogP contribution is 2.31. The molecule has 1 fully saturated rings. The lowest BCUT2D eigenvalue weighted by Crippen LogP contribution is -2.48. The first kappa shape index (κ1) is 18.8. The zero-order valence-electron chi connectivity index (χ0n) is 15.7. The Morgan fingerprint density at radius 3 is 1.91 bits per heavy atom. The molecule has 130 valence electrons. The number of hydrogen-bond donors (Lipinski definition) is 0. The predicted molar refractivity (Wildman–Crippen MR) is 103 cm³/mol. The molecule has 2 rings (SSSR count). The highest BCUT2D eigenvalue weighted by Gasteiger charge is 2.23. The normalized spacial score (nSPS) is 17.1. The molecule has 3 heteroatoms. The summed E-state index contributed by atoms with van der Waals surface area (Å²) in [7, 11) is 0. The average molecular weight is 335 g/mol. The fraction of sp³-hybridized carbons (Fsp3) is 0.700. The van der Waals surface area contributed by atoms with Gasteiger partial charge in [-0.15, -0.1) is 0 Å². The van der Waals surface area contributed by atoms with Gasteiger partial charge in [0, 0.05) is 37.1 Å². The van der Waals surface area contributed by atoms with E-state index >= 15 is 0 Å². The van der Waals surface area contributed by atoms with Gasteiger partial charge in [-0.05, 0) is 56.7 Å². The first-order valence-electron chi connectivity index (χ1n) is 9.30.